The molecular formula is C56H34N6. The van der Waals surface area contributed by atoms with Crippen LogP contribution in [0.25, 0.3) is 122 Å². The van der Waals surface area contributed by atoms with Gasteiger partial charge in [0.1, 0.15) is 0 Å². The van der Waals surface area contributed by atoms with E-state index in [0.717, 1.165) is 72.0 Å². The lowest BCUT2D eigenvalue weighted by atomic mass is 9.88. The first kappa shape index (κ1) is 35.5. The summed E-state index contributed by atoms with van der Waals surface area (Å²) in [6, 6.07) is 65.8. The van der Waals surface area contributed by atoms with Gasteiger partial charge in [-0.25, -0.2) is 19.9 Å². The molecule has 0 fully saturated rings. The van der Waals surface area contributed by atoms with Gasteiger partial charge in [-0.2, -0.15) is 0 Å². The van der Waals surface area contributed by atoms with Crippen molar-refractivity contribution in [2.24, 2.45) is 0 Å². The Morgan fingerprint density at radius 1 is 0.306 bits per heavy atom. The summed E-state index contributed by atoms with van der Waals surface area (Å²) in [5.41, 5.74) is 10.6. The van der Waals surface area contributed by atoms with Gasteiger partial charge in [-0.15, -0.1) is 0 Å². The lowest BCUT2D eigenvalue weighted by Gasteiger charge is -2.16. The molecule has 0 spiro atoms. The maximum atomic E-state index is 5.19. The van der Waals surface area contributed by atoms with E-state index in [9.17, 15) is 0 Å². The van der Waals surface area contributed by atoms with Gasteiger partial charge in [0.2, 0.25) is 0 Å². The van der Waals surface area contributed by atoms with Gasteiger partial charge in [0.05, 0.1) is 16.7 Å². The lowest BCUT2D eigenvalue weighted by molar-refractivity contribution is 1.07. The highest BCUT2D eigenvalue weighted by atomic mass is 15.0. The normalized spacial score (nSPS) is 11.5. The van der Waals surface area contributed by atoms with E-state index in [0.29, 0.717) is 17.5 Å². The van der Waals surface area contributed by atoms with Crippen LogP contribution < -0.4 is 0 Å². The molecule has 0 unspecified atom stereocenters. The van der Waals surface area contributed by atoms with Gasteiger partial charge >= 0.3 is 0 Å². The molecule has 0 saturated heterocycles. The minimum absolute atomic E-state index is 0.599. The third-order valence-corrected chi connectivity index (χ3v) is 11.8. The van der Waals surface area contributed by atoms with Gasteiger partial charge in [0.25, 0.3) is 0 Å². The molecule has 8 aromatic carbocycles. The Labute approximate surface area is 357 Å². The Kier molecular flexibility index (Phi) is 8.38. The highest BCUT2D eigenvalue weighted by molar-refractivity contribution is 6.28. The number of fused-ring (bicyclic) bond motifs is 9. The van der Waals surface area contributed by atoms with E-state index in [-0.39, 0.29) is 0 Å². The smallest absolute Gasteiger partial charge is 0.164 e. The summed E-state index contributed by atoms with van der Waals surface area (Å²) in [6.07, 6.45) is 5.50. The van der Waals surface area contributed by atoms with Crippen LogP contribution in [0.1, 0.15) is 0 Å². The van der Waals surface area contributed by atoms with Crippen molar-refractivity contribution in [3.05, 3.63) is 207 Å². The van der Waals surface area contributed by atoms with Crippen molar-refractivity contribution in [3.8, 4) is 67.7 Å². The van der Waals surface area contributed by atoms with Gasteiger partial charge in [0.15, 0.2) is 17.5 Å². The highest BCUT2D eigenvalue weighted by Gasteiger charge is 2.18. The first-order valence-corrected chi connectivity index (χ1v) is 20.7. The standard InChI is InChI=1S/C56H34N6/c1-3-13-37(14-4-1)54-60-55(38-15-5-2-6-16-38)62-56(61-54)41-32-39(35-24-26-36(27-25-35)52-48-28-30-57-34-49(48)53-50(59-52)23-12-29-58-53)31-40(33-41)42-21-11-22-47-45-18-8-7-17-43(45)44-19-9-10-20-46(44)51(42)47/h1-34H. The minimum Gasteiger partial charge on any atom is -0.264 e. The second kappa shape index (κ2) is 14.7. The molecule has 6 nitrogen and oxygen atoms in total. The molecule has 62 heavy (non-hydrogen) atoms. The van der Waals surface area contributed by atoms with Crippen LogP contribution in [0.3, 0.4) is 0 Å². The average Bonchev–Trinajstić information content (AvgIpc) is 3.36. The summed E-state index contributed by atoms with van der Waals surface area (Å²) >= 11 is 0. The van der Waals surface area contributed by atoms with E-state index in [1.165, 1.54) is 32.3 Å². The van der Waals surface area contributed by atoms with Crippen LogP contribution >= 0.6 is 0 Å². The maximum absolute atomic E-state index is 5.19. The fourth-order valence-corrected chi connectivity index (χ4v) is 8.92. The summed E-state index contributed by atoms with van der Waals surface area (Å²) in [5.74, 6) is 1.84. The van der Waals surface area contributed by atoms with E-state index in [1.54, 1.807) is 6.20 Å². The fourth-order valence-electron chi connectivity index (χ4n) is 8.92. The van der Waals surface area contributed by atoms with E-state index in [2.05, 4.69) is 119 Å². The maximum Gasteiger partial charge on any atom is 0.164 e. The molecule has 0 N–H and O–H groups in total. The predicted octanol–water partition coefficient (Wildman–Crippen LogP) is 13.8. The number of hydrogen-bond acceptors (Lipinski definition) is 6. The first-order chi connectivity index (χ1) is 30.7. The molecule has 12 rings (SSSR count). The molecule has 4 aromatic heterocycles. The Bertz CT molecular complexity index is 3580. The number of benzene rings is 8. The summed E-state index contributed by atoms with van der Waals surface area (Å²) < 4.78 is 0. The summed E-state index contributed by atoms with van der Waals surface area (Å²) in [5, 5.41) is 9.34. The van der Waals surface area contributed by atoms with Crippen molar-refractivity contribution in [1.82, 2.24) is 29.9 Å². The van der Waals surface area contributed by atoms with E-state index >= 15 is 0 Å². The summed E-state index contributed by atoms with van der Waals surface area (Å²) in [4.78, 5) is 29.6. The van der Waals surface area contributed by atoms with Crippen molar-refractivity contribution in [2.75, 3.05) is 0 Å². The number of nitrogens with zero attached hydrogens (tertiary/aromatic N) is 6. The van der Waals surface area contributed by atoms with E-state index < -0.39 is 0 Å². The molecule has 0 atom stereocenters. The molecule has 12 aromatic rings. The Morgan fingerprint density at radius 2 is 0.855 bits per heavy atom. The molecule has 0 saturated carbocycles. The number of aromatic nitrogens is 6. The molecule has 0 bridgehead atoms. The monoisotopic (exact) mass is 790 g/mol. The zero-order valence-electron chi connectivity index (χ0n) is 33.3. The van der Waals surface area contributed by atoms with Crippen LogP contribution in [0.15, 0.2) is 207 Å². The molecular weight excluding hydrogens is 757 g/mol. The average molecular weight is 791 g/mol. The van der Waals surface area contributed by atoms with Crippen LogP contribution in [0.4, 0.5) is 0 Å². The third kappa shape index (κ3) is 6.04. The molecule has 0 aliphatic rings. The Hall–Kier alpha value is -8.48. The Morgan fingerprint density at radius 3 is 1.53 bits per heavy atom. The largest absolute Gasteiger partial charge is 0.264 e. The molecule has 288 valence electrons. The van der Waals surface area contributed by atoms with Gasteiger partial charge in [0, 0.05) is 51.6 Å². The first-order valence-electron chi connectivity index (χ1n) is 20.7. The minimum atomic E-state index is 0.599. The molecule has 0 aliphatic heterocycles. The quantitative estimate of drug-likeness (QED) is 0.156. The van der Waals surface area contributed by atoms with Crippen molar-refractivity contribution in [3.63, 3.8) is 0 Å². The molecule has 0 aliphatic carbocycles. The number of hydrogen-bond donors (Lipinski definition) is 0. The lowest BCUT2D eigenvalue weighted by Crippen LogP contribution is -2.00. The zero-order chi connectivity index (χ0) is 41.0. The second-order valence-electron chi connectivity index (χ2n) is 15.5. The van der Waals surface area contributed by atoms with Crippen LogP contribution in [-0.4, -0.2) is 29.9 Å². The third-order valence-electron chi connectivity index (χ3n) is 11.8. The van der Waals surface area contributed by atoms with Crippen molar-refractivity contribution < 1.29 is 0 Å². The number of pyridine rings is 3. The van der Waals surface area contributed by atoms with Gasteiger partial charge in [-0.05, 0) is 91.0 Å². The van der Waals surface area contributed by atoms with Crippen LogP contribution in [0.2, 0.25) is 0 Å². The number of rotatable bonds is 6. The van der Waals surface area contributed by atoms with Crippen molar-refractivity contribution in [1.29, 1.82) is 0 Å². The van der Waals surface area contributed by atoms with Gasteiger partial charge < -0.3 is 0 Å². The van der Waals surface area contributed by atoms with Crippen LogP contribution in [0, 0.1) is 0 Å². The highest BCUT2D eigenvalue weighted by Crippen LogP contribution is 2.42. The summed E-state index contributed by atoms with van der Waals surface area (Å²) in [6.45, 7) is 0. The van der Waals surface area contributed by atoms with E-state index in [4.69, 9.17) is 19.9 Å². The van der Waals surface area contributed by atoms with Crippen LogP contribution in [0.5, 0.6) is 0 Å². The fraction of sp³-hybridized carbons (Fsp3) is 0. The van der Waals surface area contributed by atoms with Gasteiger partial charge in [-0.3, -0.25) is 9.97 Å². The molecule has 6 heteroatoms. The topological polar surface area (TPSA) is 77.3 Å². The van der Waals surface area contributed by atoms with Crippen molar-refractivity contribution in [2.45, 2.75) is 0 Å². The predicted molar refractivity (Wildman–Crippen MR) is 253 cm³/mol. The second-order valence-corrected chi connectivity index (χ2v) is 15.5. The molecule has 0 radical (unpaired) electrons. The SMILES string of the molecule is c1ccc(-c2nc(-c3ccccc3)nc(-c3cc(-c4ccc(-c5nc6cccnc6c6cnccc56)cc4)cc(-c4cccc5c6ccccc6c6ccccc6c45)c3)n2)cc1. The van der Waals surface area contributed by atoms with Gasteiger partial charge in [-0.1, -0.05) is 152 Å². The van der Waals surface area contributed by atoms with Crippen molar-refractivity contribution >= 4 is 54.1 Å². The zero-order valence-corrected chi connectivity index (χ0v) is 33.3. The molecule has 4 heterocycles. The Balaban J connectivity index is 1.09. The summed E-state index contributed by atoms with van der Waals surface area (Å²) in [7, 11) is 0. The molecule has 0 amide bonds. The van der Waals surface area contributed by atoms with Crippen LogP contribution in [-0.2, 0) is 0 Å². The van der Waals surface area contributed by atoms with E-state index in [1.807, 2.05) is 91.3 Å².